The molecule has 1 unspecified atom stereocenters. The van der Waals surface area contributed by atoms with Crippen LogP contribution in [0.1, 0.15) is 38.5 Å². The van der Waals surface area contributed by atoms with Crippen molar-refractivity contribution in [3.05, 3.63) is 0 Å². The Balaban J connectivity index is 3.37. The second kappa shape index (κ2) is 11.0. The van der Waals surface area contributed by atoms with E-state index in [0.29, 0.717) is 26.0 Å². The Labute approximate surface area is 108 Å². The van der Waals surface area contributed by atoms with E-state index < -0.39 is 12.0 Å². The Kier molecular flexibility index (Phi) is 10.3. The quantitative estimate of drug-likeness (QED) is 0.470. The number of methoxy groups -OCH3 is 1. The molecule has 1 atom stereocenters. The van der Waals surface area contributed by atoms with Gasteiger partial charge in [0.05, 0.1) is 6.04 Å². The van der Waals surface area contributed by atoms with Crippen molar-refractivity contribution in [3.8, 4) is 0 Å². The van der Waals surface area contributed by atoms with Crippen LogP contribution in [0.15, 0.2) is 0 Å². The zero-order valence-electron chi connectivity index (χ0n) is 11.0. The van der Waals surface area contributed by atoms with Crippen LogP contribution < -0.4 is 11.1 Å². The van der Waals surface area contributed by atoms with Crippen molar-refractivity contribution < 1.29 is 19.4 Å². The Morgan fingerprint density at radius 2 is 1.94 bits per heavy atom. The number of hydrogen-bond donors (Lipinski definition) is 3. The van der Waals surface area contributed by atoms with Crippen molar-refractivity contribution in [2.75, 3.05) is 20.3 Å². The maximum atomic E-state index is 11.5. The molecule has 0 aromatic heterocycles. The Bertz CT molecular complexity index is 246. The number of ether oxygens (including phenoxy) is 1. The van der Waals surface area contributed by atoms with Gasteiger partial charge in [0, 0.05) is 26.7 Å². The van der Waals surface area contributed by atoms with Gasteiger partial charge in [-0.25, -0.2) is 0 Å². The van der Waals surface area contributed by atoms with Crippen LogP contribution in [0, 0.1) is 0 Å². The molecule has 0 radical (unpaired) electrons. The van der Waals surface area contributed by atoms with Gasteiger partial charge in [0.25, 0.3) is 0 Å². The number of carbonyl (C=O) groups is 2. The number of nitrogens with one attached hydrogen (secondary N) is 1. The maximum Gasteiger partial charge on any atom is 0.303 e. The van der Waals surface area contributed by atoms with Crippen LogP contribution in [0.25, 0.3) is 0 Å². The lowest BCUT2D eigenvalue weighted by molar-refractivity contribution is -0.137. The number of carboxylic acid groups (broad SMARTS) is 1. The summed E-state index contributed by atoms with van der Waals surface area (Å²) in [4.78, 5) is 21.7. The van der Waals surface area contributed by atoms with Gasteiger partial charge in [-0.2, -0.15) is 0 Å². The van der Waals surface area contributed by atoms with Gasteiger partial charge in [-0.05, 0) is 19.3 Å². The molecule has 0 aliphatic carbocycles. The molecule has 1 amide bonds. The van der Waals surface area contributed by atoms with Gasteiger partial charge in [0.2, 0.25) is 5.91 Å². The number of amides is 1. The Morgan fingerprint density at radius 3 is 2.56 bits per heavy atom. The van der Waals surface area contributed by atoms with Crippen LogP contribution in [-0.4, -0.2) is 43.3 Å². The minimum absolute atomic E-state index is 0.155. The fraction of sp³-hybridized carbons (Fsp3) is 0.833. The zero-order valence-corrected chi connectivity index (χ0v) is 11.0. The molecule has 106 valence electrons. The minimum Gasteiger partial charge on any atom is -0.481 e. The number of unbranched alkanes of at least 4 members (excludes halogenated alkanes) is 3. The molecular weight excluding hydrogens is 236 g/mol. The molecule has 0 saturated heterocycles. The number of hydrogen-bond acceptors (Lipinski definition) is 4. The molecule has 6 nitrogen and oxygen atoms in total. The van der Waals surface area contributed by atoms with Gasteiger partial charge >= 0.3 is 5.97 Å². The third-order valence-electron chi connectivity index (χ3n) is 2.59. The summed E-state index contributed by atoms with van der Waals surface area (Å²) >= 11 is 0. The van der Waals surface area contributed by atoms with Gasteiger partial charge in [-0.15, -0.1) is 0 Å². The van der Waals surface area contributed by atoms with Crippen molar-refractivity contribution in [1.82, 2.24) is 5.32 Å². The molecule has 0 fully saturated rings. The van der Waals surface area contributed by atoms with E-state index in [1.165, 1.54) is 0 Å². The molecule has 0 aromatic rings. The summed E-state index contributed by atoms with van der Waals surface area (Å²) in [6.07, 6.45) is 4.06. The predicted octanol–water partition coefficient (Wildman–Crippen LogP) is 0.502. The molecule has 0 aliphatic heterocycles. The van der Waals surface area contributed by atoms with Crippen LogP contribution in [0.4, 0.5) is 0 Å². The smallest absolute Gasteiger partial charge is 0.303 e. The number of aliphatic carboxylic acids is 1. The second-order valence-corrected chi connectivity index (χ2v) is 4.24. The molecule has 4 N–H and O–H groups in total. The monoisotopic (exact) mass is 260 g/mol. The third kappa shape index (κ3) is 10.0. The van der Waals surface area contributed by atoms with E-state index in [2.05, 4.69) is 5.32 Å². The summed E-state index contributed by atoms with van der Waals surface area (Å²) in [5.74, 6) is -0.912. The fourth-order valence-corrected chi connectivity index (χ4v) is 1.47. The van der Waals surface area contributed by atoms with Crippen molar-refractivity contribution in [2.24, 2.45) is 5.73 Å². The first-order valence-electron chi connectivity index (χ1n) is 6.32. The number of carbonyl (C=O) groups excluding carboxylic acids is 1. The number of rotatable bonds is 11. The van der Waals surface area contributed by atoms with Crippen LogP contribution >= 0.6 is 0 Å². The van der Waals surface area contributed by atoms with E-state index in [4.69, 9.17) is 15.6 Å². The van der Waals surface area contributed by atoms with Gasteiger partial charge in [0.1, 0.15) is 0 Å². The minimum atomic E-state index is -0.757. The van der Waals surface area contributed by atoms with Crippen LogP contribution in [0.5, 0.6) is 0 Å². The number of nitrogens with two attached hydrogens (primary N) is 1. The lowest BCUT2D eigenvalue weighted by Crippen LogP contribution is -2.41. The largest absolute Gasteiger partial charge is 0.481 e. The standard InChI is InChI=1S/C12H24N2O4/c1-18-9-7-10(13)12(17)14-8-5-3-2-4-6-11(15)16/h10H,2-9,13H2,1H3,(H,14,17)(H,15,16). The van der Waals surface area contributed by atoms with E-state index in [0.717, 1.165) is 19.3 Å². The van der Waals surface area contributed by atoms with Crippen molar-refractivity contribution in [1.29, 1.82) is 0 Å². The van der Waals surface area contributed by atoms with E-state index in [9.17, 15) is 9.59 Å². The molecule has 0 heterocycles. The normalized spacial score (nSPS) is 12.1. The van der Waals surface area contributed by atoms with E-state index in [-0.39, 0.29) is 12.3 Å². The Morgan fingerprint density at radius 1 is 1.28 bits per heavy atom. The molecule has 6 heteroatoms. The summed E-state index contributed by atoms with van der Waals surface area (Å²) in [6, 6.07) is -0.517. The van der Waals surface area contributed by atoms with Crippen LogP contribution in [-0.2, 0) is 14.3 Å². The summed E-state index contributed by atoms with van der Waals surface area (Å²) in [5.41, 5.74) is 5.64. The van der Waals surface area contributed by atoms with E-state index in [1.54, 1.807) is 7.11 Å². The SMILES string of the molecule is COCCC(N)C(=O)NCCCCCCC(=O)O. The van der Waals surface area contributed by atoms with Gasteiger partial charge in [0.15, 0.2) is 0 Å². The maximum absolute atomic E-state index is 11.5. The lowest BCUT2D eigenvalue weighted by Gasteiger charge is -2.11. The van der Waals surface area contributed by atoms with Crippen molar-refractivity contribution in [2.45, 2.75) is 44.6 Å². The van der Waals surface area contributed by atoms with E-state index in [1.807, 2.05) is 0 Å². The van der Waals surface area contributed by atoms with Gasteiger partial charge in [-0.1, -0.05) is 12.8 Å². The average Bonchev–Trinajstić information content (AvgIpc) is 2.34. The highest BCUT2D eigenvalue weighted by molar-refractivity contribution is 5.81. The van der Waals surface area contributed by atoms with Crippen LogP contribution in [0.2, 0.25) is 0 Å². The van der Waals surface area contributed by atoms with E-state index >= 15 is 0 Å². The molecule has 0 aliphatic rings. The molecule has 0 rings (SSSR count). The highest BCUT2D eigenvalue weighted by Crippen LogP contribution is 2.02. The first-order chi connectivity index (χ1) is 8.57. The highest BCUT2D eigenvalue weighted by Gasteiger charge is 2.11. The first kappa shape index (κ1) is 16.9. The van der Waals surface area contributed by atoms with Crippen molar-refractivity contribution in [3.63, 3.8) is 0 Å². The fourth-order valence-electron chi connectivity index (χ4n) is 1.47. The highest BCUT2D eigenvalue weighted by atomic mass is 16.5. The molecule has 18 heavy (non-hydrogen) atoms. The Hall–Kier alpha value is -1.14. The van der Waals surface area contributed by atoms with Crippen LogP contribution in [0.3, 0.4) is 0 Å². The summed E-state index contributed by atoms with van der Waals surface area (Å²) in [6.45, 7) is 1.07. The molecule has 0 aromatic carbocycles. The molecule has 0 spiro atoms. The topological polar surface area (TPSA) is 102 Å². The number of carboxylic acids is 1. The molecule has 0 saturated carbocycles. The van der Waals surface area contributed by atoms with Gasteiger partial charge < -0.3 is 20.9 Å². The van der Waals surface area contributed by atoms with Crippen molar-refractivity contribution >= 4 is 11.9 Å². The zero-order chi connectivity index (χ0) is 13.8. The average molecular weight is 260 g/mol. The predicted molar refractivity (Wildman–Crippen MR) is 68.2 cm³/mol. The van der Waals surface area contributed by atoms with Gasteiger partial charge in [-0.3, -0.25) is 9.59 Å². The summed E-state index contributed by atoms with van der Waals surface area (Å²) in [7, 11) is 1.57. The summed E-state index contributed by atoms with van der Waals surface area (Å²) < 4.78 is 4.84. The molecule has 0 bridgehead atoms. The first-order valence-corrected chi connectivity index (χ1v) is 6.32. The molecular formula is C12H24N2O4. The third-order valence-corrected chi connectivity index (χ3v) is 2.59. The lowest BCUT2D eigenvalue weighted by atomic mass is 10.1. The summed E-state index contributed by atoms with van der Waals surface area (Å²) in [5, 5.41) is 11.2. The second-order valence-electron chi connectivity index (χ2n) is 4.24.